The van der Waals surface area contributed by atoms with Gasteiger partial charge in [0, 0.05) is 30.8 Å². The van der Waals surface area contributed by atoms with Crippen molar-refractivity contribution in [2.24, 2.45) is 16.8 Å². The van der Waals surface area contributed by atoms with E-state index in [1.807, 2.05) is 43.6 Å². The number of nitrogens with one attached hydrogen (secondary N) is 3. The molecule has 5 nitrogen and oxygen atoms in total. The number of fused-ring (bicyclic) bond motifs is 1. The van der Waals surface area contributed by atoms with Crippen molar-refractivity contribution >= 4 is 22.8 Å². The number of allylic oxidation sites excluding steroid dienone is 5. The van der Waals surface area contributed by atoms with Crippen LogP contribution in [0.4, 0.5) is 4.39 Å². The summed E-state index contributed by atoms with van der Waals surface area (Å²) in [6.45, 7) is 2.67. The third kappa shape index (κ3) is 3.27. The number of aliphatic imine (C=N–C) groups is 1. The smallest absolute Gasteiger partial charge is 0.323 e. The van der Waals surface area contributed by atoms with Crippen LogP contribution >= 0.6 is 0 Å². The molecule has 1 aromatic heterocycles. The zero-order valence-corrected chi connectivity index (χ0v) is 14.6. The fraction of sp³-hybridized carbons (Fsp3) is 0.300. The lowest BCUT2D eigenvalue weighted by atomic mass is 9.92. The lowest BCUT2D eigenvalue weighted by molar-refractivity contribution is 0.517. The van der Waals surface area contributed by atoms with Crippen LogP contribution in [0.3, 0.4) is 0 Å². The van der Waals surface area contributed by atoms with Gasteiger partial charge in [0.25, 0.3) is 0 Å². The Kier molecular flexibility index (Phi) is 4.32. The van der Waals surface area contributed by atoms with Crippen LogP contribution < -0.4 is 11.0 Å². The molecule has 134 valence electrons. The molecule has 0 saturated carbocycles. The van der Waals surface area contributed by atoms with Crippen LogP contribution in [0.5, 0.6) is 0 Å². The highest BCUT2D eigenvalue weighted by atomic mass is 19.1. The topological polar surface area (TPSA) is 73.0 Å². The first-order valence-corrected chi connectivity index (χ1v) is 8.85. The summed E-state index contributed by atoms with van der Waals surface area (Å²) in [5.41, 5.74) is 4.19. The lowest BCUT2D eigenvalue weighted by Gasteiger charge is -2.24. The van der Waals surface area contributed by atoms with Crippen molar-refractivity contribution in [2.75, 3.05) is 6.54 Å². The van der Waals surface area contributed by atoms with Gasteiger partial charge in [-0.25, -0.2) is 9.18 Å². The standard InChI is InChI=1S/C20H21FN4O/c1-12-3-2-4-16(21)19(12)23-10-13-7-15(11-22-9-13)14-5-6-17-18(8-14)25-20(26)24-17/h2,4-6,8-9,11-13,23H,3,7,10H2,1H3,(H2,24,25,26)/t12-,13?/m1/s1. The summed E-state index contributed by atoms with van der Waals surface area (Å²) in [6, 6.07) is 5.84. The Bertz CT molecular complexity index is 1010. The van der Waals surface area contributed by atoms with Crippen LogP contribution in [0.2, 0.25) is 0 Å². The number of aromatic amines is 2. The summed E-state index contributed by atoms with van der Waals surface area (Å²) in [5.74, 6) is 0.187. The number of halogens is 1. The molecular formula is C20H21FN4O. The van der Waals surface area contributed by atoms with Gasteiger partial charge in [-0.2, -0.15) is 0 Å². The second kappa shape index (κ2) is 6.78. The van der Waals surface area contributed by atoms with Crippen LogP contribution in [0.1, 0.15) is 25.3 Å². The highest BCUT2D eigenvalue weighted by Crippen LogP contribution is 2.28. The Balaban J connectivity index is 1.47. The SMILES string of the molecule is C[C@@H]1CC=CC(F)=C1NCC1C=NC=C(c2ccc3[nH]c(=O)[nH]c3c2)C1. The van der Waals surface area contributed by atoms with Crippen molar-refractivity contribution in [2.45, 2.75) is 19.8 Å². The maximum atomic E-state index is 14.0. The predicted molar refractivity (Wildman–Crippen MR) is 103 cm³/mol. The van der Waals surface area contributed by atoms with Gasteiger partial charge in [-0.05, 0) is 42.2 Å². The van der Waals surface area contributed by atoms with Crippen LogP contribution in [-0.2, 0) is 0 Å². The number of aromatic nitrogens is 2. The van der Waals surface area contributed by atoms with Gasteiger partial charge in [0.15, 0.2) is 0 Å². The number of hydrogen-bond donors (Lipinski definition) is 3. The van der Waals surface area contributed by atoms with E-state index >= 15 is 0 Å². The molecule has 3 N–H and O–H groups in total. The fourth-order valence-corrected chi connectivity index (χ4v) is 3.51. The molecule has 4 rings (SSSR count). The molecule has 2 atom stereocenters. The van der Waals surface area contributed by atoms with Crippen molar-refractivity contribution in [3.8, 4) is 0 Å². The average Bonchev–Trinajstić information content (AvgIpc) is 3.00. The number of imidazole rings is 1. The van der Waals surface area contributed by atoms with Gasteiger partial charge in [0.05, 0.1) is 16.7 Å². The van der Waals surface area contributed by atoms with E-state index < -0.39 is 0 Å². The number of rotatable bonds is 4. The van der Waals surface area contributed by atoms with Crippen molar-refractivity contribution in [3.63, 3.8) is 0 Å². The molecule has 0 radical (unpaired) electrons. The molecule has 2 heterocycles. The van der Waals surface area contributed by atoms with E-state index in [4.69, 9.17) is 0 Å². The van der Waals surface area contributed by atoms with Gasteiger partial charge in [0.2, 0.25) is 0 Å². The molecule has 0 fully saturated rings. The zero-order chi connectivity index (χ0) is 18.1. The normalized spacial score (nSPS) is 22.8. The molecule has 6 heteroatoms. The van der Waals surface area contributed by atoms with Gasteiger partial charge < -0.3 is 15.3 Å². The van der Waals surface area contributed by atoms with E-state index in [0.29, 0.717) is 12.2 Å². The molecule has 0 spiro atoms. The summed E-state index contributed by atoms with van der Waals surface area (Å²) in [6.07, 6.45) is 8.85. The summed E-state index contributed by atoms with van der Waals surface area (Å²) in [4.78, 5) is 21.3. The first kappa shape index (κ1) is 16.6. The van der Waals surface area contributed by atoms with E-state index in [0.717, 1.165) is 35.0 Å². The van der Waals surface area contributed by atoms with Gasteiger partial charge in [-0.3, -0.25) is 4.99 Å². The molecular weight excluding hydrogens is 331 g/mol. The molecule has 0 amide bonds. The Morgan fingerprint density at radius 3 is 3.00 bits per heavy atom. The molecule has 26 heavy (non-hydrogen) atoms. The maximum absolute atomic E-state index is 14.0. The van der Waals surface area contributed by atoms with Crippen molar-refractivity contribution in [1.82, 2.24) is 15.3 Å². The zero-order valence-electron chi connectivity index (χ0n) is 14.6. The lowest BCUT2D eigenvalue weighted by Crippen LogP contribution is -2.28. The molecule has 1 unspecified atom stereocenters. The van der Waals surface area contributed by atoms with Gasteiger partial charge in [-0.15, -0.1) is 0 Å². The van der Waals surface area contributed by atoms with Crippen molar-refractivity contribution in [1.29, 1.82) is 0 Å². The van der Waals surface area contributed by atoms with Crippen LogP contribution in [0.15, 0.2) is 57.9 Å². The van der Waals surface area contributed by atoms with Crippen molar-refractivity contribution < 1.29 is 4.39 Å². The number of nitrogens with zero attached hydrogens (tertiary/aromatic N) is 1. The van der Waals surface area contributed by atoms with Crippen molar-refractivity contribution in [3.05, 3.63) is 64.1 Å². The fourth-order valence-electron chi connectivity index (χ4n) is 3.51. The van der Waals surface area contributed by atoms with E-state index in [1.165, 1.54) is 6.08 Å². The molecule has 2 aliphatic rings. The van der Waals surface area contributed by atoms with Gasteiger partial charge >= 0.3 is 5.69 Å². The third-order valence-electron chi connectivity index (χ3n) is 4.95. The highest BCUT2D eigenvalue weighted by Gasteiger charge is 2.19. The van der Waals surface area contributed by atoms with Crippen LogP contribution in [0, 0.1) is 11.8 Å². The predicted octanol–water partition coefficient (Wildman–Crippen LogP) is 3.65. The first-order valence-electron chi connectivity index (χ1n) is 8.85. The summed E-state index contributed by atoms with van der Waals surface area (Å²) >= 11 is 0. The summed E-state index contributed by atoms with van der Waals surface area (Å²) in [5, 5.41) is 3.28. The second-order valence-electron chi connectivity index (χ2n) is 6.94. The Morgan fingerprint density at radius 2 is 2.15 bits per heavy atom. The Labute approximate surface area is 150 Å². The number of hydrogen-bond acceptors (Lipinski definition) is 3. The van der Waals surface area contributed by atoms with E-state index in [-0.39, 0.29) is 23.4 Å². The minimum absolute atomic E-state index is 0.170. The minimum Gasteiger partial charge on any atom is -0.385 e. The molecule has 1 aliphatic carbocycles. The monoisotopic (exact) mass is 352 g/mol. The maximum Gasteiger partial charge on any atom is 0.323 e. The second-order valence-corrected chi connectivity index (χ2v) is 6.94. The van der Waals surface area contributed by atoms with E-state index in [9.17, 15) is 9.18 Å². The molecule has 0 saturated heterocycles. The minimum atomic E-state index is -0.208. The molecule has 2 aromatic rings. The summed E-state index contributed by atoms with van der Waals surface area (Å²) in [7, 11) is 0. The average molecular weight is 352 g/mol. The molecule has 0 bridgehead atoms. The quantitative estimate of drug-likeness (QED) is 0.786. The van der Waals surface area contributed by atoms with Crippen LogP contribution in [0.25, 0.3) is 16.6 Å². The first-order chi connectivity index (χ1) is 12.6. The van der Waals surface area contributed by atoms with E-state index in [1.54, 1.807) is 0 Å². The van der Waals surface area contributed by atoms with E-state index in [2.05, 4.69) is 20.3 Å². The number of benzene rings is 1. The Morgan fingerprint density at radius 1 is 1.31 bits per heavy atom. The Hall–Kier alpha value is -2.89. The third-order valence-corrected chi connectivity index (χ3v) is 4.95. The largest absolute Gasteiger partial charge is 0.385 e. The number of H-pyrrole nitrogens is 2. The molecule has 1 aromatic carbocycles. The van der Waals surface area contributed by atoms with Gasteiger partial charge in [0.1, 0.15) is 5.83 Å². The highest BCUT2D eigenvalue weighted by molar-refractivity contribution is 5.82. The molecule has 1 aliphatic heterocycles. The van der Waals surface area contributed by atoms with Crippen LogP contribution in [-0.4, -0.2) is 22.7 Å². The van der Waals surface area contributed by atoms with Gasteiger partial charge in [-0.1, -0.05) is 19.1 Å². The summed E-state index contributed by atoms with van der Waals surface area (Å²) < 4.78 is 14.0.